The van der Waals surface area contributed by atoms with Gasteiger partial charge in [-0.25, -0.2) is 0 Å². The fourth-order valence-corrected chi connectivity index (χ4v) is 3.01. The van der Waals surface area contributed by atoms with Gasteiger partial charge in [-0.05, 0) is 35.9 Å². The third-order valence-electron chi connectivity index (χ3n) is 4.44. The van der Waals surface area contributed by atoms with E-state index >= 15 is 0 Å². The van der Waals surface area contributed by atoms with Gasteiger partial charge in [0.25, 0.3) is 0 Å². The quantitative estimate of drug-likeness (QED) is 0.530. The molecule has 0 atom stereocenters. The Balaban J connectivity index is 1.45. The number of rotatable bonds is 5. The third-order valence-corrected chi connectivity index (χ3v) is 4.44. The normalized spacial score (nSPS) is 11.3. The average molecular weight is 357 g/mol. The van der Waals surface area contributed by atoms with E-state index in [1.807, 2.05) is 48.5 Å². The van der Waals surface area contributed by atoms with E-state index < -0.39 is 0 Å². The summed E-state index contributed by atoms with van der Waals surface area (Å²) in [4.78, 5) is 19.8. The van der Waals surface area contributed by atoms with E-state index in [4.69, 9.17) is 4.74 Å². The maximum Gasteiger partial charge on any atom is 0.244 e. The largest absolute Gasteiger partial charge is 0.497 e. The molecule has 0 aliphatic heterocycles. The minimum absolute atomic E-state index is 0.161. The number of carbonyl (C=O) groups is 1. The summed E-state index contributed by atoms with van der Waals surface area (Å²) in [5.74, 6) is 0.635. The molecule has 0 aliphatic rings. The van der Waals surface area contributed by atoms with Crippen molar-refractivity contribution in [1.29, 1.82) is 0 Å². The first kappa shape index (κ1) is 16.8. The maximum atomic E-state index is 12.1. The highest BCUT2D eigenvalue weighted by molar-refractivity contribution is 6.07. The van der Waals surface area contributed by atoms with Gasteiger partial charge in [0.05, 0.1) is 24.5 Å². The van der Waals surface area contributed by atoms with Crippen molar-refractivity contribution < 1.29 is 9.53 Å². The van der Waals surface area contributed by atoms with E-state index in [0.29, 0.717) is 6.54 Å². The lowest BCUT2D eigenvalue weighted by Crippen LogP contribution is -2.20. The molecular formula is C22H19N3O2. The number of carbonyl (C=O) groups excluding carboxylic acids is 1. The molecule has 0 aliphatic carbocycles. The summed E-state index contributed by atoms with van der Waals surface area (Å²) in [7, 11) is 1.63. The Morgan fingerprint density at radius 3 is 2.74 bits per heavy atom. The highest BCUT2D eigenvalue weighted by Crippen LogP contribution is 2.25. The number of methoxy groups -OCH3 is 1. The molecule has 0 unspecified atom stereocenters. The number of pyridine rings is 1. The molecule has 27 heavy (non-hydrogen) atoms. The van der Waals surface area contributed by atoms with Gasteiger partial charge in [0.1, 0.15) is 5.75 Å². The predicted octanol–water partition coefficient (Wildman–Crippen LogP) is 4.05. The molecule has 4 rings (SSSR count). The lowest BCUT2D eigenvalue weighted by Gasteiger charge is -2.04. The number of benzene rings is 2. The average Bonchev–Trinajstić information content (AvgIpc) is 3.09. The summed E-state index contributed by atoms with van der Waals surface area (Å²) in [6, 6.07) is 17.7. The second-order valence-electron chi connectivity index (χ2n) is 6.22. The van der Waals surface area contributed by atoms with Crippen LogP contribution in [0.2, 0.25) is 0 Å². The molecule has 5 heteroatoms. The van der Waals surface area contributed by atoms with E-state index in [-0.39, 0.29) is 5.91 Å². The van der Waals surface area contributed by atoms with Gasteiger partial charge in [0, 0.05) is 28.9 Å². The summed E-state index contributed by atoms with van der Waals surface area (Å²) < 4.78 is 5.13. The minimum atomic E-state index is -0.161. The zero-order valence-corrected chi connectivity index (χ0v) is 14.9. The van der Waals surface area contributed by atoms with Crippen LogP contribution in [0.15, 0.2) is 66.9 Å². The zero-order chi connectivity index (χ0) is 18.6. The number of aromatic amines is 1. The Kier molecular flexibility index (Phi) is 4.58. The van der Waals surface area contributed by atoms with Crippen LogP contribution in [0.1, 0.15) is 11.3 Å². The topological polar surface area (TPSA) is 67.0 Å². The second kappa shape index (κ2) is 7.33. The van der Waals surface area contributed by atoms with Crippen LogP contribution in [0.4, 0.5) is 0 Å². The maximum absolute atomic E-state index is 12.1. The summed E-state index contributed by atoms with van der Waals surface area (Å²) in [6.07, 6.45) is 5.03. The van der Waals surface area contributed by atoms with E-state index in [2.05, 4.69) is 21.4 Å². The highest BCUT2D eigenvalue weighted by atomic mass is 16.5. The number of hydrogen-bond acceptors (Lipinski definition) is 3. The fourth-order valence-electron chi connectivity index (χ4n) is 3.01. The van der Waals surface area contributed by atoms with Gasteiger partial charge in [-0.2, -0.15) is 0 Å². The van der Waals surface area contributed by atoms with Crippen LogP contribution < -0.4 is 10.1 Å². The van der Waals surface area contributed by atoms with Crippen LogP contribution in [0, 0.1) is 0 Å². The number of amides is 1. The molecule has 0 saturated heterocycles. The van der Waals surface area contributed by atoms with Gasteiger partial charge in [-0.3, -0.25) is 9.78 Å². The second-order valence-corrected chi connectivity index (χ2v) is 6.22. The van der Waals surface area contributed by atoms with E-state index in [1.54, 1.807) is 19.4 Å². The number of nitrogens with one attached hydrogen (secondary N) is 2. The van der Waals surface area contributed by atoms with Gasteiger partial charge < -0.3 is 15.0 Å². The zero-order valence-electron chi connectivity index (χ0n) is 14.9. The Labute approximate surface area is 156 Å². The summed E-state index contributed by atoms with van der Waals surface area (Å²) in [5.41, 5.74) is 3.81. The smallest absolute Gasteiger partial charge is 0.244 e. The van der Waals surface area contributed by atoms with Crippen LogP contribution in [-0.2, 0) is 11.3 Å². The van der Waals surface area contributed by atoms with Gasteiger partial charge in [0.2, 0.25) is 5.91 Å². The lowest BCUT2D eigenvalue weighted by atomic mass is 10.1. The fraction of sp³-hybridized carbons (Fsp3) is 0.0909. The number of aromatic nitrogens is 2. The molecule has 134 valence electrons. The molecule has 0 saturated carbocycles. The number of fused-ring (bicyclic) bond motifs is 3. The molecule has 2 aromatic heterocycles. The molecule has 0 spiro atoms. The monoisotopic (exact) mass is 357 g/mol. The Hall–Kier alpha value is -3.60. The van der Waals surface area contributed by atoms with Crippen molar-refractivity contribution in [2.45, 2.75) is 6.54 Å². The standard InChI is InChI=1S/C22H19N3O2/c1-27-17-9-6-15(7-10-17)13-24-22(26)11-8-16-12-19-18-4-2-3-5-20(18)25-21(19)14-23-16/h2-12,14,25H,13H2,1H3,(H,24,26)/b11-8+. The molecule has 2 heterocycles. The molecule has 0 radical (unpaired) electrons. The Morgan fingerprint density at radius 2 is 1.93 bits per heavy atom. The number of hydrogen-bond donors (Lipinski definition) is 2. The number of para-hydroxylation sites is 1. The third kappa shape index (κ3) is 3.67. The van der Waals surface area contributed by atoms with Crippen molar-refractivity contribution in [3.8, 4) is 5.75 Å². The first-order valence-corrected chi connectivity index (χ1v) is 8.68. The van der Waals surface area contributed by atoms with Crippen LogP contribution in [0.3, 0.4) is 0 Å². The van der Waals surface area contributed by atoms with E-state index in [1.165, 1.54) is 6.08 Å². The summed E-state index contributed by atoms with van der Waals surface area (Å²) in [6.45, 7) is 0.460. The van der Waals surface area contributed by atoms with Crippen molar-refractivity contribution in [1.82, 2.24) is 15.3 Å². The van der Waals surface area contributed by atoms with Gasteiger partial charge >= 0.3 is 0 Å². The molecule has 4 aromatic rings. The molecular weight excluding hydrogens is 338 g/mol. The van der Waals surface area contributed by atoms with Crippen LogP contribution in [0.25, 0.3) is 27.9 Å². The van der Waals surface area contributed by atoms with Crippen molar-refractivity contribution in [2.24, 2.45) is 0 Å². The Bertz CT molecular complexity index is 1130. The van der Waals surface area contributed by atoms with Crippen molar-refractivity contribution in [2.75, 3.05) is 7.11 Å². The first-order chi connectivity index (χ1) is 13.2. The summed E-state index contributed by atoms with van der Waals surface area (Å²) >= 11 is 0. The van der Waals surface area contributed by atoms with Crippen molar-refractivity contribution in [3.63, 3.8) is 0 Å². The molecule has 0 fully saturated rings. The minimum Gasteiger partial charge on any atom is -0.497 e. The van der Waals surface area contributed by atoms with Crippen molar-refractivity contribution in [3.05, 3.63) is 78.1 Å². The molecule has 2 N–H and O–H groups in total. The molecule has 2 aromatic carbocycles. The molecule has 0 bridgehead atoms. The van der Waals surface area contributed by atoms with Gasteiger partial charge in [-0.1, -0.05) is 30.3 Å². The highest BCUT2D eigenvalue weighted by Gasteiger charge is 2.04. The SMILES string of the molecule is COc1ccc(CNC(=O)/C=C/c2cc3c(cn2)[nH]c2ccccc23)cc1. The predicted molar refractivity (Wildman–Crippen MR) is 107 cm³/mol. The van der Waals surface area contributed by atoms with E-state index in [9.17, 15) is 4.79 Å². The number of ether oxygens (including phenoxy) is 1. The van der Waals surface area contributed by atoms with Gasteiger partial charge in [0.15, 0.2) is 0 Å². The number of H-pyrrole nitrogens is 1. The van der Waals surface area contributed by atoms with E-state index in [0.717, 1.165) is 38.8 Å². The Morgan fingerprint density at radius 1 is 1.11 bits per heavy atom. The van der Waals surface area contributed by atoms with Gasteiger partial charge in [-0.15, -0.1) is 0 Å². The lowest BCUT2D eigenvalue weighted by molar-refractivity contribution is -0.116. The molecule has 1 amide bonds. The number of nitrogens with zero attached hydrogens (tertiary/aromatic N) is 1. The van der Waals surface area contributed by atoms with Crippen LogP contribution >= 0.6 is 0 Å². The van der Waals surface area contributed by atoms with Crippen LogP contribution in [0.5, 0.6) is 5.75 Å². The molecule has 5 nitrogen and oxygen atoms in total. The van der Waals surface area contributed by atoms with Crippen LogP contribution in [-0.4, -0.2) is 23.0 Å². The summed E-state index contributed by atoms with van der Waals surface area (Å²) in [5, 5.41) is 5.11. The van der Waals surface area contributed by atoms with Crippen molar-refractivity contribution >= 4 is 33.8 Å². The first-order valence-electron chi connectivity index (χ1n) is 8.68.